The minimum atomic E-state index is -1.49. The molecule has 0 aliphatic heterocycles. The molecular weight excluding hydrogens is 487 g/mol. The van der Waals surface area contributed by atoms with Gasteiger partial charge < -0.3 is 0 Å². The van der Waals surface area contributed by atoms with Crippen LogP contribution in [-0.4, -0.2) is 8.07 Å². The lowest BCUT2D eigenvalue weighted by Gasteiger charge is -2.36. The molecule has 3 saturated carbocycles. The normalized spacial score (nSPS) is 20.5. The van der Waals surface area contributed by atoms with Gasteiger partial charge in [0.15, 0.2) is 6.20 Å². The number of pyridine rings is 1. The third-order valence-corrected chi connectivity index (χ3v) is 15.8. The Labute approximate surface area is 239 Å². The molecule has 0 atom stereocenters. The summed E-state index contributed by atoms with van der Waals surface area (Å²) in [6.45, 7) is 7.72. The zero-order valence-corrected chi connectivity index (χ0v) is 26.3. The van der Waals surface area contributed by atoms with Gasteiger partial charge >= 0.3 is 0 Å². The number of rotatable bonds is 5. The van der Waals surface area contributed by atoms with Crippen LogP contribution >= 0.6 is 0 Å². The lowest BCUT2D eigenvalue weighted by atomic mass is 9.76. The van der Waals surface area contributed by atoms with Gasteiger partial charge in [-0.2, -0.15) is 0 Å². The second-order valence-corrected chi connectivity index (χ2v) is 18.9. The van der Waals surface area contributed by atoms with Crippen LogP contribution in [0.15, 0.2) is 42.6 Å². The third-order valence-electron chi connectivity index (χ3n) is 11.4. The lowest BCUT2D eigenvalue weighted by molar-refractivity contribution is -0.659. The average Bonchev–Trinajstić information content (AvgIpc) is 2.98. The Kier molecular flexibility index (Phi) is 8.04. The molecule has 2 aromatic carbocycles. The Morgan fingerprint density at radius 2 is 1.31 bits per heavy atom. The van der Waals surface area contributed by atoms with E-state index in [9.17, 15) is 0 Å². The van der Waals surface area contributed by atoms with Crippen molar-refractivity contribution < 1.29 is 4.57 Å². The van der Waals surface area contributed by atoms with Crippen molar-refractivity contribution in [3.63, 3.8) is 0 Å². The highest BCUT2D eigenvalue weighted by Gasteiger charge is 2.35. The highest BCUT2D eigenvalue weighted by Crippen LogP contribution is 2.43. The molecule has 0 bridgehead atoms. The molecule has 3 aliphatic carbocycles. The molecule has 1 heterocycles. The maximum Gasteiger partial charge on any atom is 0.220 e. The van der Waals surface area contributed by atoms with Crippen LogP contribution in [0.4, 0.5) is 0 Å². The molecule has 0 amide bonds. The maximum atomic E-state index is 2.67. The van der Waals surface area contributed by atoms with Gasteiger partial charge in [0.25, 0.3) is 0 Å². The number of aryl methyl sites for hydroxylation is 1. The van der Waals surface area contributed by atoms with E-state index in [0.717, 1.165) is 17.4 Å². The quantitative estimate of drug-likeness (QED) is 0.225. The Morgan fingerprint density at radius 1 is 0.692 bits per heavy atom. The van der Waals surface area contributed by atoms with E-state index in [0.29, 0.717) is 0 Å². The number of benzene rings is 2. The van der Waals surface area contributed by atoms with Crippen LogP contribution in [-0.2, 0) is 7.05 Å². The van der Waals surface area contributed by atoms with Crippen LogP contribution in [0.1, 0.15) is 125 Å². The van der Waals surface area contributed by atoms with Crippen molar-refractivity contribution in [3.8, 4) is 11.3 Å². The number of aromatic nitrogens is 1. The summed E-state index contributed by atoms with van der Waals surface area (Å²) in [4.78, 5) is 0. The van der Waals surface area contributed by atoms with Crippen LogP contribution in [0.5, 0.6) is 0 Å². The van der Waals surface area contributed by atoms with Crippen molar-refractivity contribution >= 4 is 24.0 Å². The van der Waals surface area contributed by atoms with Crippen molar-refractivity contribution in [2.75, 3.05) is 0 Å². The molecule has 3 aromatic rings. The minimum Gasteiger partial charge on any atom is -0.200 e. The molecule has 6 rings (SSSR count). The van der Waals surface area contributed by atoms with Crippen molar-refractivity contribution in [1.82, 2.24) is 0 Å². The molecule has 0 unspecified atom stereocenters. The molecule has 0 saturated heterocycles. The number of nitrogens with zero attached hydrogens (tertiary/aromatic N) is 1. The lowest BCUT2D eigenvalue weighted by Crippen LogP contribution is -2.46. The van der Waals surface area contributed by atoms with Crippen LogP contribution in [0, 0.1) is 6.92 Å². The number of hydrogen-bond acceptors (Lipinski definition) is 0. The molecule has 2 heteroatoms. The topological polar surface area (TPSA) is 3.88 Å². The number of hydrogen-bond donors (Lipinski definition) is 0. The van der Waals surface area contributed by atoms with E-state index in [1.165, 1.54) is 118 Å². The van der Waals surface area contributed by atoms with Crippen LogP contribution in [0.3, 0.4) is 0 Å². The van der Waals surface area contributed by atoms with Gasteiger partial charge in [0.1, 0.15) is 7.05 Å². The Morgan fingerprint density at radius 3 is 1.97 bits per heavy atom. The van der Waals surface area contributed by atoms with Crippen LogP contribution in [0.2, 0.25) is 18.6 Å². The fourth-order valence-corrected chi connectivity index (χ4v) is 12.0. The summed E-state index contributed by atoms with van der Waals surface area (Å²) in [6.07, 6.45) is 23.5. The van der Waals surface area contributed by atoms with E-state index in [1.807, 2.05) is 0 Å². The third kappa shape index (κ3) is 5.40. The van der Waals surface area contributed by atoms with Crippen LogP contribution in [0.25, 0.3) is 22.0 Å². The minimum absolute atomic E-state index is 0.745. The van der Waals surface area contributed by atoms with E-state index in [2.05, 4.69) is 74.2 Å². The standard InChI is InChI=1S/C37H52NSi/c1-27-35(29-16-10-6-11-17-29)25-31(28-14-8-5-9-15-28)26-36(27)37-34-21-20-33(24-30(34)22-23-38(37)2)39(3,4)32-18-12-7-13-19-32/h20-26,28-29,32H,5-19H2,1-4H3/q+1. The first-order valence-electron chi connectivity index (χ1n) is 16.5. The second kappa shape index (κ2) is 11.5. The highest BCUT2D eigenvalue weighted by molar-refractivity contribution is 6.91. The van der Waals surface area contributed by atoms with Gasteiger partial charge in [0, 0.05) is 6.07 Å². The van der Waals surface area contributed by atoms with E-state index in [4.69, 9.17) is 0 Å². The van der Waals surface area contributed by atoms with E-state index in [1.54, 1.807) is 21.9 Å². The summed E-state index contributed by atoms with van der Waals surface area (Å²) in [5, 5.41) is 4.55. The van der Waals surface area contributed by atoms with Gasteiger partial charge in [0.2, 0.25) is 5.69 Å². The Hall–Kier alpha value is -1.93. The van der Waals surface area contributed by atoms with Crippen molar-refractivity contribution in [2.24, 2.45) is 7.05 Å². The molecule has 208 valence electrons. The molecule has 0 radical (unpaired) electrons. The summed E-state index contributed by atoms with van der Waals surface area (Å²) < 4.78 is 2.42. The van der Waals surface area contributed by atoms with Crippen molar-refractivity contribution in [1.29, 1.82) is 0 Å². The summed E-state index contributed by atoms with van der Waals surface area (Å²) in [5.41, 5.74) is 8.73. The molecule has 39 heavy (non-hydrogen) atoms. The summed E-state index contributed by atoms with van der Waals surface area (Å²) in [7, 11) is 0.787. The van der Waals surface area contributed by atoms with Gasteiger partial charge in [-0.25, -0.2) is 4.57 Å². The number of fused-ring (bicyclic) bond motifs is 1. The van der Waals surface area contributed by atoms with Gasteiger partial charge in [0.05, 0.1) is 19.0 Å². The first-order valence-corrected chi connectivity index (χ1v) is 19.6. The van der Waals surface area contributed by atoms with Crippen molar-refractivity contribution in [2.45, 2.75) is 134 Å². The molecule has 3 fully saturated rings. The van der Waals surface area contributed by atoms with Gasteiger partial charge in [-0.15, -0.1) is 0 Å². The second-order valence-electron chi connectivity index (χ2n) is 14.1. The van der Waals surface area contributed by atoms with Crippen molar-refractivity contribution in [3.05, 3.63) is 59.3 Å². The monoisotopic (exact) mass is 538 g/mol. The largest absolute Gasteiger partial charge is 0.220 e. The first-order chi connectivity index (χ1) is 18.9. The summed E-state index contributed by atoms with van der Waals surface area (Å²) >= 11 is 0. The Bertz CT molecular complexity index is 1300. The zero-order chi connectivity index (χ0) is 27.0. The molecular formula is C37H52NSi+. The predicted octanol–water partition coefficient (Wildman–Crippen LogP) is 9.98. The first kappa shape index (κ1) is 27.2. The molecule has 3 aliphatic rings. The Balaban J connectivity index is 1.47. The average molecular weight is 539 g/mol. The van der Waals surface area contributed by atoms with Gasteiger partial charge in [-0.05, 0) is 84.2 Å². The maximum absolute atomic E-state index is 2.67. The van der Waals surface area contributed by atoms with E-state index in [-0.39, 0.29) is 0 Å². The molecule has 1 aromatic heterocycles. The fraction of sp³-hybridized carbons (Fsp3) is 0.595. The smallest absolute Gasteiger partial charge is 0.200 e. The molecule has 1 nitrogen and oxygen atoms in total. The van der Waals surface area contributed by atoms with Gasteiger partial charge in [-0.1, -0.05) is 107 Å². The summed E-state index contributed by atoms with van der Waals surface area (Å²) in [6, 6.07) is 15.3. The van der Waals surface area contributed by atoms with E-state index >= 15 is 0 Å². The van der Waals surface area contributed by atoms with Gasteiger partial charge in [-0.3, -0.25) is 0 Å². The van der Waals surface area contributed by atoms with Crippen LogP contribution < -0.4 is 9.75 Å². The highest BCUT2D eigenvalue weighted by atomic mass is 28.3. The molecule has 0 N–H and O–H groups in total. The fourth-order valence-electron chi connectivity index (χ4n) is 8.68. The SMILES string of the molecule is Cc1c(-c2c3ccc([Si](C)(C)C4CCCCC4)cc3cc[n+]2C)cc(C2CCCCC2)cc1C1CCCCC1. The zero-order valence-electron chi connectivity index (χ0n) is 25.3. The summed E-state index contributed by atoms with van der Waals surface area (Å²) in [5.74, 6) is 1.49. The molecule has 0 spiro atoms. The van der Waals surface area contributed by atoms with E-state index < -0.39 is 8.07 Å². The predicted molar refractivity (Wildman–Crippen MR) is 171 cm³/mol.